The molecule has 0 saturated carbocycles. The molecular weight excluding hydrogens is 899 g/mol. The standard InChI is InChI=1S/C25H30I3N3O11/c1-6-17(36)31-23-21(27)18(24(37)29-7-15(41-13(4)34)9-39-11(2)32)20(26)19(22(23)28)25(38)30-8-16(42-14(5)35)10-40-12(3)33/h15-16H,6-10H2,1-5H3,(H,29,37)(H,30,38)(H,31,36). The maximum Gasteiger partial charge on any atom is 0.303 e. The predicted octanol–water partition coefficient (Wildman–Crippen LogP) is 2.30. The van der Waals surface area contributed by atoms with E-state index in [1.54, 1.807) is 6.92 Å². The molecule has 0 spiro atoms. The Balaban J connectivity index is 3.44. The van der Waals surface area contributed by atoms with Crippen molar-refractivity contribution in [3.63, 3.8) is 0 Å². The van der Waals surface area contributed by atoms with Crippen molar-refractivity contribution >= 4 is 115 Å². The van der Waals surface area contributed by atoms with Crippen molar-refractivity contribution < 1.29 is 52.5 Å². The van der Waals surface area contributed by atoms with Crippen LogP contribution in [0, 0.1) is 10.7 Å². The third-order valence-electron chi connectivity index (χ3n) is 4.95. The first-order chi connectivity index (χ1) is 19.6. The van der Waals surface area contributed by atoms with E-state index in [4.69, 9.17) is 18.9 Å². The second-order valence-corrected chi connectivity index (χ2v) is 11.7. The van der Waals surface area contributed by atoms with Gasteiger partial charge in [0.25, 0.3) is 11.8 Å². The zero-order valence-corrected chi connectivity index (χ0v) is 29.8. The lowest BCUT2D eigenvalue weighted by Gasteiger charge is -2.22. The number of amides is 3. The molecule has 17 heteroatoms. The van der Waals surface area contributed by atoms with E-state index in [1.807, 2.05) is 67.8 Å². The molecule has 42 heavy (non-hydrogen) atoms. The molecule has 0 aliphatic carbocycles. The van der Waals surface area contributed by atoms with E-state index in [2.05, 4.69) is 16.0 Å². The highest BCUT2D eigenvalue weighted by molar-refractivity contribution is 14.1. The van der Waals surface area contributed by atoms with Gasteiger partial charge in [-0.1, -0.05) is 6.92 Å². The molecule has 3 amide bonds. The second-order valence-electron chi connectivity index (χ2n) is 8.46. The number of ether oxygens (including phenoxy) is 4. The summed E-state index contributed by atoms with van der Waals surface area (Å²) in [6, 6.07) is 0. The lowest BCUT2D eigenvalue weighted by molar-refractivity contribution is -0.155. The Morgan fingerprint density at radius 3 is 1.33 bits per heavy atom. The zero-order chi connectivity index (χ0) is 32.1. The van der Waals surface area contributed by atoms with Crippen molar-refractivity contribution in [2.45, 2.75) is 53.2 Å². The van der Waals surface area contributed by atoms with E-state index in [1.165, 1.54) is 27.7 Å². The molecule has 2 atom stereocenters. The molecule has 0 aromatic heterocycles. The zero-order valence-electron chi connectivity index (χ0n) is 23.3. The van der Waals surface area contributed by atoms with Crippen LogP contribution in [0.5, 0.6) is 0 Å². The molecule has 0 heterocycles. The topological polar surface area (TPSA) is 192 Å². The summed E-state index contributed by atoms with van der Waals surface area (Å²) in [5, 5.41) is 7.96. The summed E-state index contributed by atoms with van der Waals surface area (Å²) in [7, 11) is 0. The minimum atomic E-state index is -0.980. The fraction of sp³-hybridized carbons (Fsp3) is 0.480. The quantitative estimate of drug-likeness (QED) is 0.141. The molecule has 232 valence electrons. The van der Waals surface area contributed by atoms with Gasteiger partial charge in [-0.25, -0.2) is 0 Å². The molecule has 3 N–H and O–H groups in total. The van der Waals surface area contributed by atoms with Crippen molar-refractivity contribution in [3.8, 4) is 0 Å². The Labute approximate surface area is 282 Å². The smallest absolute Gasteiger partial charge is 0.303 e. The maximum absolute atomic E-state index is 13.4. The number of benzene rings is 1. The summed E-state index contributed by atoms with van der Waals surface area (Å²) in [6.07, 6.45) is -1.83. The Kier molecular flexibility index (Phi) is 16.5. The summed E-state index contributed by atoms with van der Waals surface area (Å²) in [5.74, 6) is -4.18. The average molecular weight is 929 g/mol. The highest BCUT2D eigenvalue weighted by Crippen LogP contribution is 2.36. The third-order valence-corrected chi connectivity index (χ3v) is 8.18. The molecule has 0 fully saturated rings. The Hall–Kier alpha value is -2.30. The van der Waals surface area contributed by atoms with Gasteiger partial charge in [0.2, 0.25) is 5.91 Å². The largest absolute Gasteiger partial charge is 0.462 e. The van der Waals surface area contributed by atoms with Gasteiger partial charge >= 0.3 is 23.9 Å². The number of esters is 4. The summed E-state index contributed by atoms with van der Waals surface area (Å²) in [4.78, 5) is 84.5. The van der Waals surface area contributed by atoms with Crippen LogP contribution in [0.1, 0.15) is 61.8 Å². The number of rotatable bonds is 14. The van der Waals surface area contributed by atoms with E-state index < -0.39 is 47.9 Å². The van der Waals surface area contributed by atoms with Gasteiger partial charge in [-0.15, -0.1) is 0 Å². The van der Waals surface area contributed by atoms with Crippen LogP contribution in [0.15, 0.2) is 0 Å². The van der Waals surface area contributed by atoms with Gasteiger partial charge in [-0.3, -0.25) is 33.6 Å². The fourth-order valence-corrected chi connectivity index (χ4v) is 7.57. The summed E-state index contributed by atoms with van der Waals surface area (Å²) in [6.45, 7) is 5.31. The van der Waals surface area contributed by atoms with E-state index in [0.29, 0.717) is 7.14 Å². The van der Waals surface area contributed by atoms with Gasteiger partial charge in [0, 0.05) is 37.7 Å². The Morgan fingerprint density at radius 2 is 1.02 bits per heavy atom. The normalized spacial score (nSPS) is 11.8. The van der Waals surface area contributed by atoms with E-state index in [9.17, 15) is 33.6 Å². The van der Waals surface area contributed by atoms with Crippen LogP contribution in [0.2, 0.25) is 0 Å². The number of hydrogen-bond acceptors (Lipinski definition) is 11. The van der Waals surface area contributed by atoms with Crippen molar-refractivity contribution in [1.82, 2.24) is 10.6 Å². The Morgan fingerprint density at radius 1 is 0.643 bits per heavy atom. The second kappa shape index (κ2) is 18.4. The number of carbonyl (C=O) groups is 7. The first-order valence-electron chi connectivity index (χ1n) is 12.3. The molecule has 0 saturated heterocycles. The highest BCUT2D eigenvalue weighted by atomic mass is 127. The van der Waals surface area contributed by atoms with Crippen LogP contribution in [-0.2, 0) is 42.9 Å². The summed E-state index contributed by atoms with van der Waals surface area (Å²) < 4.78 is 20.9. The highest BCUT2D eigenvalue weighted by Gasteiger charge is 2.29. The average Bonchev–Trinajstić information content (AvgIpc) is 2.88. The maximum atomic E-state index is 13.4. The van der Waals surface area contributed by atoms with Crippen LogP contribution in [0.25, 0.3) is 0 Å². The minimum Gasteiger partial charge on any atom is -0.462 e. The van der Waals surface area contributed by atoms with Gasteiger partial charge in [0.15, 0.2) is 12.2 Å². The lowest BCUT2D eigenvalue weighted by Crippen LogP contribution is -2.40. The van der Waals surface area contributed by atoms with Crippen LogP contribution in [0.4, 0.5) is 5.69 Å². The number of hydrogen-bond donors (Lipinski definition) is 3. The van der Waals surface area contributed by atoms with E-state index >= 15 is 0 Å². The summed E-state index contributed by atoms with van der Waals surface area (Å²) in [5.41, 5.74) is 0.337. The first-order valence-corrected chi connectivity index (χ1v) is 15.5. The van der Waals surface area contributed by atoms with Crippen LogP contribution in [0.3, 0.4) is 0 Å². The van der Waals surface area contributed by atoms with Gasteiger partial charge in [-0.05, 0) is 67.8 Å². The predicted molar refractivity (Wildman–Crippen MR) is 173 cm³/mol. The molecule has 1 rings (SSSR count). The van der Waals surface area contributed by atoms with Crippen molar-refractivity contribution in [3.05, 3.63) is 21.8 Å². The Bertz CT molecular complexity index is 1160. The van der Waals surface area contributed by atoms with Crippen molar-refractivity contribution in [2.75, 3.05) is 31.6 Å². The van der Waals surface area contributed by atoms with Crippen molar-refractivity contribution in [2.24, 2.45) is 0 Å². The van der Waals surface area contributed by atoms with Crippen molar-refractivity contribution in [1.29, 1.82) is 0 Å². The monoisotopic (exact) mass is 929 g/mol. The molecule has 14 nitrogen and oxygen atoms in total. The lowest BCUT2D eigenvalue weighted by atomic mass is 10.1. The van der Waals surface area contributed by atoms with E-state index in [-0.39, 0.29) is 59.0 Å². The SMILES string of the molecule is CCC(=O)Nc1c(I)c(C(=O)NCC(COC(C)=O)OC(C)=O)c(I)c(C(=O)NCC(COC(C)=O)OC(C)=O)c1I. The number of anilines is 1. The number of halogens is 3. The minimum absolute atomic E-state index is 0.0543. The molecule has 2 unspecified atom stereocenters. The van der Waals surface area contributed by atoms with Gasteiger partial charge < -0.3 is 34.9 Å². The number of nitrogens with one attached hydrogen (secondary N) is 3. The van der Waals surface area contributed by atoms with E-state index in [0.717, 1.165) is 0 Å². The molecule has 0 bridgehead atoms. The van der Waals surface area contributed by atoms with Crippen LogP contribution >= 0.6 is 67.8 Å². The van der Waals surface area contributed by atoms with Gasteiger partial charge in [0.05, 0.1) is 37.0 Å². The molecule has 1 aromatic rings. The van der Waals surface area contributed by atoms with Gasteiger partial charge in [-0.2, -0.15) is 0 Å². The molecular formula is C25H30I3N3O11. The summed E-state index contributed by atoms with van der Waals surface area (Å²) >= 11 is 5.60. The molecule has 0 aliphatic heterocycles. The molecule has 0 aliphatic rings. The van der Waals surface area contributed by atoms with Crippen LogP contribution < -0.4 is 16.0 Å². The fourth-order valence-electron chi connectivity index (χ4n) is 3.15. The van der Waals surface area contributed by atoms with Gasteiger partial charge in [0.1, 0.15) is 13.2 Å². The first kappa shape index (κ1) is 37.7. The molecule has 0 radical (unpaired) electrons. The molecule has 1 aromatic carbocycles. The number of carbonyl (C=O) groups excluding carboxylic acids is 7. The third kappa shape index (κ3) is 12.5. The van der Waals surface area contributed by atoms with Crippen LogP contribution in [-0.4, -0.2) is 80.1 Å².